The molecule has 1 saturated carbocycles. The second-order valence-corrected chi connectivity index (χ2v) is 6.89. The summed E-state index contributed by atoms with van der Waals surface area (Å²) in [6, 6.07) is 3.89. The maximum absolute atomic E-state index is 12.8. The molecule has 0 atom stereocenters. The first-order valence-electron chi connectivity index (χ1n) is 6.89. The molecule has 1 aromatic carbocycles. The van der Waals surface area contributed by atoms with Gasteiger partial charge in [0.25, 0.3) is 5.69 Å². The molecule has 1 N–H and O–H groups in total. The summed E-state index contributed by atoms with van der Waals surface area (Å²) in [6.45, 7) is 2.34. The van der Waals surface area contributed by atoms with E-state index in [0.29, 0.717) is 18.7 Å². The van der Waals surface area contributed by atoms with Crippen molar-refractivity contribution < 1.29 is 13.3 Å². The highest BCUT2D eigenvalue weighted by atomic mass is 32.2. The normalized spacial score (nSPS) is 15.2. The minimum absolute atomic E-state index is 0.0268. The minimum atomic E-state index is -3.73. The number of rotatable bonds is 7. The summed E-state index contributed by atoms with van der Waals surface area (Å²) in [7, 11) is -2.13. The lowest BCUT2D eigenvalue weighted by molar-refractivity contribution is -0.385. The van der Waals surface area contributed by atoms with Crippen LogP contribution in [0.4, 0.5) is 11.4 Å². The molecule has 116 valence electrons. The van der Waals surface area contributed by atoms with Crippen LogP contribution in [0.3, 0.4) is 0 Å². The minimum Gasteiger partial charge on any atom is -0.387 e. The molecule has 1 aliphatic carbocycles. The quantitative estimate of drug-likeness (QED) is 0.615. The van der Waals surface area contributed by atoms with Crippen LogP contribution in [-0.2, 0) is 10.0 Å². The highest BCUT2D eigenvalue weighted by molar-refractivity contribution is 7.89. The lowest BCUT2D eigenvalue weighted by Gasteiger charge is -2.22. The smallest absolute Gasteiger partial charge is 0.270 e. The van der Waals surface area contributed by atoms with Crippen molar-refractivity contribution in [1.29, 1.82) is 0 Å². The molecule has 0 amide bonds. The van der Waals surface area contributed by atoms with Crippen molar-refractivity contribution in [2.24, 2.45) is 0 Å². The van der Waals surface area contributed by atoms with Gasteiger partial charge in [0.1, 0.15) is 4.90 Å². The molecule has 0 bridgehead atoms. The maximum Gasteiger partial charge on any atom is 0.270 e. The zero-order valence-electron chi connectivity index (χ0n) is 12.1. The lowest BCUT2D eigenvalue weighted by atomic mass is 10.3. The van der Waals surface area contributed by atoms with Crippen molar-refractivity contribution in [3.05, 3.63) is 28.3 Å². The zero-order chi connectivity index (χ0) is 15.6. The zero-order valence-corrected chi connectivity index (χ0v) is 12.9. The van der Waals surface area contributed by atoms with Crippen LogP contribution in [0.15, 0.2) is 23.1 Å². The number of anilines is 1. The van der Waals surface area contributed by atoms with Crippen molar-refractivity contribution >= 4 is 21.4 Å². The van der Waals surface area contributed by atoms with Crippen LogP contribution in [0.1, 0.15) is 26.2 Å². The van der Waals surface area contributed by atoms with Gasteiger partial charge < -0.3 is 5.32 Å². The Morgan fingerprint density at radius 3 is 2.57 bits per heavy atom. The molecule has 0 saturated heterocycles. The molecular weight excluding hydrogens is 294 g/mol. The molecule has 1 aromatic rings. The van der Waals surface area contributed by atoms with E-state index in [-0.39, 0.29) is 16.6 Å². The van der Waals surface area contributed by atoms with E-state index >= 15 is 0 Å². The Morgan fingerprint density at radius 2 is 2.10 bits per heavy atom. The van der Waals surface area contributed by atoms with Gasteiger partial charge in [0.05, 0.1) is 10.6 Å². The van der Waals surface area contributed by atoms with Crippen LogP contribution >= 0.6 is 0 Å². The molecule has 0 radical (unpaired) electrons. The van der Waals surface area contributed by atoms with Gasteiger partial charge in [0, 0.05) is 31.8 Å². The Labute approximate surface area is 124 Å². The van der Waals surface area contributed by atoms with Gasteiger partial charge in [-0.2, -0.15) is 4.31 Å². The van der Waals surface area contributed by atoms with Crippen molar-refractivity contribution in [2.45, 2.75) is 37.1 Å². The molecule has 0 unspecified atom stereocenters. The van der Waals surface area contributed by atoms with Gasteiger partial charge in [-0.3, -0.25) is 10.1 Å². The lowest BCUT2D eigenvalue weighted by Crippen LogP contribution is -2.34. The Morgan fingerprint density at radius 1 is 1.43 bits per heavy atom. The first-order chi connectivity index (χ1) is 9.91. The molecule has 8 heteroatoms. The van der Waals surface area contributed by atoms with E-state index < -0.39 is 14.9 Å². The molecule has 7 nitrogen and oxygen atoms in total. The van der Waals surface area contributed by atoms with Crippen LogP contribution in [-0.4, -0.2) is 37.3 Å². The summed E-state index contributed by atoms with van der Waals surface area (Å²) in [6.07, 6.45) is 2.41. The van der Waals surface area contributed by atoms with E-state index in [1.54, 1.807) is 7.05 Å². The Hall–Kier alpha value is -1.67. The highest BCUT2D eigenvalue weighted by Crippen LogP contribution is 2.35. The third-order valence-corrected chi connectivity index (χ3v) is 5.42. The molecule has 21 heavy (non-hydrogen) atoms. The van der Waals surface area contributed by atoms with E-state index in [4.69, 9.17) is 0 Å². The molecule has 0 aliphatic heterocycles. The van der Waals surface area contributed by atoms with Gasteiger partial charge in [0.2, 0.25) is 10.0 Å². The fourth-order valence-corrected chi connectivity index (χ4v) is 4.25. The monoisotopic (exact) mass is 313 g/mol. The summed E-state index contributed by atoms with van der Waals surface area (Å²) in [4.78, 5) is 10.3. The summed E-state index contributed by atoms with van der Waals surface area (Å²) in [5, 5.41) is 13.7. The number of nitro benzene ring substituents is 1. The van der Waals surface area contributed by atoms with Crippen molar-refractivity contribution in [3.63, 3.8) is 0 Å². The van der Waals surface area contributed by atoms with E-state index in [9.17, 15) is 18.5 Å². The summed E-state index contributed by atoms with van der Waals surface area (Å²) in [5.41, 5.74) is 0.155. The topological polar surface area (TPSA) is 92.5 Å². The average molecular weight is 313 g/mol. The number of hydrogen-bond acceptors (Lipinski definition) is 5. The first-order valence-corrected chi connectivity index (χ1v) is 8.33. The number of sulfonamides is 1. The number of benzene rings is 1. The molecule has 1 aliphatic rings. The van der Waals surface area contributed by atoms with E-state index in [1.165, 1.54) is 16.4 Å². The number of non-ortho nitro benzene ring substituents is 1. The summed E-state index contributed by atoms with van der Waals surface area (Å²) >= 11 is 0. The third-order valence-electron chi connectivity index (χ3n) is 3.43. The van der Waals surface area contributed by atoms with Crippen LogP contribution in [0.5, 0.6) is 0 Å². The van der Waals surface area contributed by atoms with Crippen molar-refractivity contribution in [1.82, 2.24) is 4.31 Å². The van der Waals surface area contributed by atoms with Gasteiger partial charge in [-0.05, 0) is 25.3 Å². The van der Waals surface area contributed by atoms with E-state index in [0.717, 1.165) is 18.9 Å². The molecule has 0 spiro atoms. The molecule has 0 aromatic heterocycles. The third kappa shape index (κ3) is 3.16. The molecular formula is C13H19N3O4S. The fourth-order valence-electron chi connectivity index (χ4n) is 2.25. The SMILES string of the molecule is CCCN(C1CC1)S(=O)(=O)c1cc([N+](=O)[O-])ccc1NC. The average Bonchev–Trinajstić information content (AvgIpc) is 3.28. The van der Waals surface area contributed by atoms with E-state index in [2.05, 4.69) is 5.32 Å². The van der Waals surface area contributed by atoms with Gasteiger partial charge in [-0.15, -0.1) is 0 Å². The van der Waals surface area contributed by atoms with Gasteiger partial charge in [-0.25, -0.2) is 8.42 Å². The van der Waals surface area contributed by atoms with Crippen LogP contribution in [0, 0.1) is 10.1 Å². The maximum atomic E-state index is 12.8. The molecule has 1 fully saturated rings. The predicted molar refractivity (Wildman–Crippen MR) is 79.8 cm³/mol. The summed E-state index contributed by atoms with van der Waals surface area (Å²) < 4.78 is 27.1. The molecule has 0 heterocycles. The molecule has 2 rings (SSSR count). The first kappa shape index (κ1) is 15.7. The van der Waals surface area contributed by atoms with Crippen molar-refractivity contribution in [2.75, 3.05) is 18.9 Å². The second-order valence-electron chi connectivity index (χ2n) is 5.03. The van der Waals surface area contributed by atoms with E-state index in [1.807, 2.05) is 6.92 Å². The van der Waals surface area contributed by atoms with Gasteiger partial charge in [-0.1, -0.05) is 6.92 Å². The number of hydrogen-bond donors (Lipinski definition) is 1. The standard InChI is InChI=1S/C13H19N3O4S/c1-3-8-15(10-4-5-10)21(19,20)13-9-11(16(17)18)6-7-12(13)14-2/h6-7,9-10,14H,3-5,8H2,1-2H3. The Kier molecular flexibility index (Phi) is 4.48. The van der Waals surface area contributed by atoms with Gasteiger partial charge in [0.15, 0.2) is 0 Å². The number of nitro groups is 1. The van der Waals surface area contributed by atoms with Crippen LogP contribution in [0.2, 0.25) is 0 Å². The number of nitrogens with zero attached hydrogens (tertiary/aromatic N) is 2. The van der Waals surface area contributed by atoms with Crippen LogP contribution < -0.4 is 5.32 Å². The van der Waals surface area contributed by atoms with Crippen molar-refractivity contribution in [3.8, 4) is 0 Å². The largest absolute Gasteiger partial charge is 0.387 e. The Bertz CT molecular complexity index is 641. The number of nitrogens with one attached hydrogen (secondary N) is 1. The second kappa shape index (κ2) is 5.98. The van der Waals surface area contributed by atoms with Gasteiger partial charge >= 0.3 is 0 Å². The fraction of sp³-hybridized carbons (Fsp3) is 0.538. The highest BCUT2D eigenvalue weighted by Gasteiger charge is 2.38. The summed E-state index contributed by atoms with van der Waals surface area (Å²) in [5.74, 6) is 0. The predicted octanol–water partition coefficient (Wildman–Crippen LogP) is 2.20. The Balaban J connectivity index is 2.51. The van der Waals surface area contributed by atoms with Crippen LogP contribution in [0.25, 0.3) is 0 Å².